The van der Waals surface area contributed by atoms with Gasteiger partial charge in [0.1, 0.15) is 23.0 Å². The van der Waals surface area contributed by atoms with Gasteiger partial charge in [-0.1, -0.05) is 48.5 Å². The van der Waals surface area contributed by atoms with Gasteiger partial charge in [0, 0.05) is 66.5 Å². The van der Waals surface area contributed by atoms with Crippen molar-refractivity contribution in [3.05, 3.63) is 212 Å². The number of benzene rings is 4. The normalized spacial score (nSPS) is 11.1. The molecule has 0 amide bonds. The summed E-state index contributed by atoms with van der Waals surface area (Å²) in [5.41, 5.74) is 12.1. The van der Waals surface area contributed by atoms with Crippen molar-refractivity contribution in [1.29, 1.82) is 0 Å². The SMILES string of the molecule is COc1ccc(C2=c3ccc([nH]3)=C(c3ccc(OC)cc3)c3ccc([nH]3)C(c3ccc(OC)cc3)=c3ccc([nH]3)=C(c3ccc(OC)cc3)c3ccc2[nH]3)cc1.O.O.O.O.[Al+3].[Al+3].[Mn+3]. The molecule has 0 unspecified atom stereocenters. The monoisotopic (exact) mass is 917 g/mol. The molecule has 15 heteroatoms. The number of H-pyrrole nitrogens is 4. The van der Waals surface area contributed by atoms with Crippen molar-refractivity contribution in [3.8, 4) is 23.0 Å². The van der Waals surface area contributed by atoms with E-state index in [1.807, 2.05) is 48.5 Å². The average molecular weight is 918 g/mol. The Balaban J connectivity index is 0.00000195. The van der Waals surface area contributed by atoms with Crippen LogP contribution in [0.3, 0.4) is 0 Å². The standard InChI is InChI=1S/C48H40N4O4.2Al.Mn.4H2O/c1-53-33-13-5-29(6-14-33)45-37-21-23-39(49-37)46(30-7-15-34(54-2)16-8-30)41-25-27-43(51-41)48(32-11-19-36(56-4)20-12-32)44-28-26-42(52-44)47(40-24-22-38(45)50-40)31-9-17-35(55-3)18-10-31;;;;;;;/h5-28,49-52H,1-4H3;;;;4*1H2/q;3*+3;;;;. The van der Waals surface area contributed by atoms with Crippen molar-refractivity contribution >= 4 is 57.0 Å². The smallest absolute Gasteiger partial charge is 0.497 e. The van der Waals surface area contributed by atoms with Crippen LogP contribution < -0.4 is 40.3 Å². The Bertz CT molecular complexity index is 2560. The molecule has 1 aliphatic heterocycles. The van der Waals surface area contributed by atoms with Gasteiger partial charge < -0.3 is 60.8 Å². The van der Waals surface area contributed by atoms with Gasteiger partial charge >= 0.3 is 51.8 Å². The van der Waals surface area contributed by atoms with Crippen LogP contribution in [-0.2, 0) is 17.1 Å². The number of hydrogen-bond donors (Lipinski definition) is 4. The zero-order chi connectivity index (χ0) is 38.2. The number of fused-ring (bicyclic) bond motifs is 8. The quantitative estimate of drug-likeness (QED) is 0.168. The van der Waals surface area contributed by atoms with E-state index in [4.69, 9.17) is 18.9 Å². The summed E-state index contributed by atoms with van der Waals surface area (Å²) >= 11 is 0. The first-order chi connectivity index (χ1) is 27.5. The first-order valence-electron chi connectivity index (χ1n) is 18.4. The zero-order valence-electron chi connectivity index (χ0n) is 35.0. The average Bonchev–Trinajstić information content (AvgIpc) is 4.10. The summed E-state index contributed by atoms with van der Waals surface area (Å²) in [6, 6.07) is 50.0. The van der Waals surface area contributed by atoms with E-state index in [9.17, 15) is 0 Å². The number of ether oxygens (including phenoxy) is 4. The molecular formula is C48H48Al2MnN4O8+9. The molecule has 0 atom stereocenters. The summed E-state index contributed by atoms with van der Waals surface area (Å²) in [5.74, 6) is 3.18. The third-order valence-electron chi connectivity index (χ3n) is 10.4. The van der Waals surface area contributed by atoms with Crippen LogP contribution >= 0.6 is 0 Å². The van der Waals surface area contributed by atoms with Crippen molar-refractivity contribution < 1.29 is 57.9 Å². The van der Waals surface area contributed by atoms with Crippen molar-refractivity contribution in [2.75, 3.05) is 28.4 Å². The van der Waals surface area contributed by atoms with E-state index in [0.717, 1.165) is 112 Å². The van der Waals surface area contributed by atoms with Crippen LogP contribution in [-0.4, -0.2) is 105 Å². The van der Waals surface area contributed by atoms with E-state index in [-0.39, 0.29) is 73.7 Å². The maximum absolute atomic E-state index is 5.54. The molecule has 8 bridgehead atoms. The molecule has 1 aliphatic rings. The molecule has 5 heterocycles. The van der Waals surface area contributed by atoms with E-state index in [1.54, 1.807) is 28.4 Å². The largest absolute Gasteiger partial charge is 3.00 e. The third-order valence-corrected chi connectivity index (χ3v) is 10.4. The fourth-order valence-electron chi connectivity index (χ4n) is 7.60. The summed E-state index contributed by atoms with van der Waals surface area (Å²) < 4.78 is 22.2. The second-order valence-electron chi connectivity index (χ2n) is 13.6. The van der Waals surface area contributed by atoms with Crippen LogP contribution in [0.1, 0.15) is 45.0 Å². The Kier molecular flexibility index (Phi) is 19.4. The second-order valence-corrected chi connectivity index (χ2v) is 13.6. The van der Waals surface area contributed by atoms with E-state index in [1.165, 1.54) is 0 Å². The Hall–Kier alpha value is -5.90. The maximum Gasteiger partial charge on any atom is 3.00 e. The van der Waals surface area contributed by atoms with Crippen molar-refractivity contribution in [1.82, 2.24) is 19.9 Å². The minimum Gasteiger partial charge on any atom is -0.497 e. The van der Waals surface area contributed by atoms with E-state index < -0.39 is 0 Å². The van der Waals surface area contributed by atoms with Crippen LogP contribution in [0.2, 0.25) is 0 Å². The van der Waals surface area contributed by atoms with Gasteiger partial charge in [-0.15, -0.1) is 0 Å². The van der Waals surface area contributed by atoms with Gasteiger partial charge in [0.25, 0.3) is 0 Å². The molecule has 0 fully saturated rings. The van der Waals surface area contributed by atoms with E-state index in [0.29, 0.717) is 0 Å². The summed E-state index contributed by atoms with van der Waals surface area (Å²) in [4.78, 5) is 15.3. The van der Waals surface area contributed by atoms with Gasteiger partial charge in [0.15, 0.2) is 0 Å². The van der Waals surface area contributed by atoms with E-state index >= 15 is 0 Å². The van der Waals surface area contributed by atoms with Crippen molar-refractivity contribution in [2.24, 2.45) is 0 Å². The number of hydrogen-bond acceptors (Lipinski definition) is 4. The van der Waals surface area contributed by atoms with Crippen LogP contribution in [0.25, 0.3) is 22.3 Å². The van der Waals surface area contributed by atoms with Gasteiger partial charge in [-0.05, 0) is 119 Å². The minimum atomic E-state index is 0. The summed E-state index contributed by atoms with van der Waals surface area (Å²) in [6.45, 7) is 0. The molecule has 0 aliphatic carbocycles. The molecule has 8 aromatic rings. The van der Waals surface area contributed by atoms with Gasteiger partial charge in [0.05, 0.1) is 28.4 Å². The summed E-state index contributed by atoms with van der Waals surface area (Å²) in [7, 11) is 6.75. The van der Waals surface area contributed by atoms with Crippen LogP contribution in [0.4, 0.5) is 0 Å². The van der Waals surface area contributed by atoms with Gasteiger partial charge in [-0.25, -0.2) is 0 Å². The molecule has 0 saturated heterocycles. The fraction of sp³-hybridized carbons (Fsp3) is 0.0833. The number of rotatable bonds is 8. The Morgan fingerprint density at radius 2 is 0.460 bits per heavy atom. The first kappa shape index (κ1) is 53.2. The van der Waals surface area contributed by atoms with Crippen LogP contribution in [0, 0.1) is 0 Å². The second kappa shape index (κ2) is 23.0. The predicted octanol–water partition coefficient (Wildman–Crippen LogP) is 2.27. The van der Waals surface area contributed by atoms with Crippen molar-refractivity contribution in [3.63, 3.8) is 0 Å². The van der Waals surface area contributed by atoms with Crippen LogP contribution in [0.5, 0.6) is 23.0 Å². The van der Waals surface area contributed by atoms with Gasteiger partial charge in [-0.3, -0.25) is 0 Å². The minimum absolute atomic E-state index is 0. The Morgan fingerprint density at radius 3 is 0.635 bits per heavy atom. The molecule has 0 saturated carbocycles. The number of nitrogens with one attached hydrogen (secondary N) is 4. The topological polar surface area (TPSA) is 226 Å². The van der Waals surface area contributed by atoms with Crippen molar-refractivity contribution in [2.45, 2.75) is 0 Å². The Labute approximate surface area is 396 Å². The summed E-state index contributed by atoms with van der Waals surface area (Å²) in [5, 5.41) is 3.84. The number of aromatic amines is 4. The Morgan fingerprint density at radius 1 is 0.270 bits per heavy atom. The maximum atomic E-state index is 5.54. The molecular weight excluding hydrogens is 869 g/mol. The van der Waals surface area contributed by atoms with Crippen LogP contribution in [0.15, 0.2) is 146 Å². The molecule has 63 heavy (non-hydrogen) atoms. The van der Waals surface area contributed by atoms with E-state index in [2.05, 4.69) is 117 Å². The third kappa shape index (κ3) is 10.3. The zero-order valence-corrected chi connectivity index (χ0v) is 38.5. The van der Waals surface area contributed by atoms with Gasteiger partial charge in [-0.2, -0.15) is 0 Å². The molecule has 0 spiro atoms. The number of methoxy groups -OCH3 is 4. The molecule has 312 valence electrons. The molecule has 0 radical (unpaired) electrons. The summed E-state index contributed by atoms with van der Waals surface area (Å²) in [6.07, 6.45) is 0. The molecule has 12 nitrogen and oxygen atoms in total. The first-order valence-corrected chi connectivity index (χ1v) is 18.4. The molecule has 4 aromatic carbocycles. The predicted molar refractivity (Wildman–Crippen MR) is 246 cm³/mol. The molecule has 12 N–H and O–H groups in total. The fourth-order valence-corrected chi connectivity index (χ4v) is 7.60. The number of aromatic nitrogens is 4. The van der Waals surface area contributed by atoms with Gasteiger partial charge in [0.2, 0.25) is 0 Å². The molecule has 4 aromatic heterocycles. The molecule has 9 rings (SSSR count).